The molecule has 0 radical (unpaired) electrons. The molecule has 1 saturated carbocycles. The zero-order valence-corrected chi connectivity index (χ0v) is 13.9. The molecule has 0 saturated heterocycles. The Morgan fingerprint density at radius 2 is 2.04 bits per heavy atom. The van der Waals surface area contributed by atoms with Gasteiger partial charge in [-0.1, -0.05) is 25.8 Å². The molecule has 0 unspecified atom stereocenters. The minimum atomic E-state index is -0.0710. The van der Waals surface area contributed by atoms with Crippen LogP contribution in [-0.2, 0) is 0 Å². The average Bonchev–Trinajstić information content (AvgIpc) is 3.16. The number of nitrogens with one attached hydrogen (secondary N) is 3. The van der Waals surface area contributed by atoms with Crippen LogP contribution in [0.4, 0.5) is 5.82 Å². The summed E-state index contributed by atoms with van der Waals surface area (Å²) in [7, 11) is 1.80. The number of nitrogens with zero attached hydrogens (tertiary/aromatic N) is 2. The van der Waals surface area contributed by atoms with Crippen LogP contribution in [0.3, 0.4) is 0 Å². The van der Waals surface area contributed by atoms with Crippen LogP contribution in [-0.4, -0.2) is 34.2 Å². The van der Waals surface area contributed by atoms with Gasteiger partial charge in [-0.05, 0) is 24.5 Å². The molecule has 0 aromatic carbocycles. The molecule has 126 valence electrons. The van der Waals surface area contributed by atoms with E-state index in [0.717, 1.165) is 29.5 Å². The zero-order chi connectivity index (χ0) is 16.9. The van der Waals surface area contributed by atoms with Crippen LogP contribution in [0.1, 0.15) is 53.6 Å². The van der Waals surface area contributed by atoms with Crippen molar-refractivity contribution in [3.8, 4) is 0 Å². The van der Waals surface area contributed by atoms with Crippen molar-refractivity contribution < 1.29 is 4.79 Å². The van der Waals surface area contributed by atoms with Gasteiger partial charge >= 0.3 is 0 Å². The van der Waals surface area contributed by atoms with Gasteiger partial charge in [-0.2, -0.15) is 5.10 Å². The van der Waals surface area contributed by atoms with Crippen LogP contribution in [0, 0.1) is 0 Å². The van der Waals surface area contributed by atoms with Gasteiger partial charge in [0.05, 0.1) is 11.8 Å². The standard InChI is InChI=1S/C18H23N5O/c1-12(14-10-21-22-11-14)16-8-13(9-20-17(16)19-2)18(24)23-15-6-4-3-5-7-15/h8-11,15H,1,3-7H2,2H3,(H,19,20)(H,21,22)(H,23,24). The number of pyridine rings is 1. The van der Waals surface area contributed by atoms with E-state index in [1.165, 1.54) is 19.3 Å². The molecule has 6 heteroatoms. The van der Waals surface area contributed by atoms with Crippen molar-refractivity contribution in [3.05, 3.63) is 47.9 Å². The normalized spacial score (nSPS) is 15.0. The van der Waals surface area contributed by atoms with Gasteiger partial charge in [-0.3, -0.25) is 9.89 Å². The van der Waals surface area contributed by atoms with E-state index in [9.17, 15) is 4.79 Å². The molecule has 3 rings (SSSR count). The molecule has 0 bridgehead atoms. The Kier molecular flexibility index (Phi) is 4.93. The monoisotopic (exact) mass is 325 g/mol. The summed E-state index contributed by atoms with van der Waals surface area (Å²) in [6.07, 6.45) is 10.8. The van der Waals surface area contributed by atoms with E-state index in [0.29, 0.717) is 11.4 Å². The minimum absolute atomic E-state index is 0.0710. The fourth-order valence-electron chi connectivity index (χ4n) is 3.11. The molecule has 1 fully saturated rings. The number of hydrogen-bond donors (Lipinski definition) is 3. The Bertz CT molecular complexity index is 717. The molecular weight excluding hydrogens is 302 g/mol. The lowest BCUT2D eigenvalue weighted by Gasteiger charge is -2.23. The van der Waals surface area contributed by atoms with E-state index in [1.54, 1.807) is 25.6 Å². The number of hydrogen-bond acceptors (Lipinski definition) is 4. The number of aromatic amines is 1. The summed E-state index contributed by atoms with van der Waals surface area (Å²) in [5, 5.41) is 12.9. The van der Waals surface area contributed by atoms with Gasteiger partial charge in [-0.25, -0.2) is 4.98 Å². The fraction of sp³-hybridized carbons (Fsp3) is 0.389. The number of aromatic nitrogens is 3. The van der Waals surface area contributed by atoms with Gasteiger partial charge in [-0.15, -0.1) is 0 Å². The highest BCUT2D eigenvalue weighted by Crippen LogP contribution is 2.27. The molecule has 1 aliphatic rings. The van der Waals surface area contributed by atoms with Crippen molar-refractivity contribution in [2.24, 2.45) is 0 Å². The quantitative estimate of drug-likeness (QED) is 0.789. The lowest BCUT2D eigenvalue weighted by Crippen LogP contribution is -2.36. The summed E-state index contributed by atoms with van der Waals surface area (Å²) < 4.78 is 0. The van der Waals surface area contributed by atoms with Crippen molar-refractivity contribution in [2.75, 3.05) is 12.4 Å². The minimum Gasteiger partial charge on any atom is -0.373 e. The maximum Gasteiger partial charge on any atom is 0.253 e. The third kappa shape index (κ3) is 3.48. The number of H-pyrrole nitrogens is 1. The molecule has 2 heterocycles. The number of carbonyl (C=O) groups is 1. The molecule has 24 heavy (non-hydrogen) atoms. The maximum atomic E-state index is 12.6. The first kappa shape index (κ1) is 16.2. The Morgan fingerprint density at radius 1 is 1.25 bits per heavy atom. The second kappa shape index (κ2) is 7.29. The molecule has 0 atom stereocenters. The smallest absolute Gasteiger partial charge is 0.253 e. The molecule has 2 aromatic rings. The Labute approximate surface area is 141 Å². The molecule has 1 amide bonds. The second-order valence-electron chi connectivity index (χ2n) is 6.14. The Hall–Kier alpha value is -2.63. The van der Waals surface area contributed by atoms with Crippen molar-refractivity contribution in [1.82, 2.24) is 20.5 Å². The topological polar surface area (TPSA) is 82.7 Å². The summed E-state index contributed by atoms with van der Waals surface area (Å²) in [6, 6.07) is 2.11. The number of anilines is 1. The second-order valence-corrected chi connectivity index (χ2v) is 6.14. The predicted molar refractivity (Wildman–Crippen MR) is 94.8 cm³/mol. The highest BCUT2D eigenvalue weighted by atomic mass is 16.1. The maximum absolute atomic E-state index is 12.6. The first-order chi connectivity index (χ1) is 11.7. The van der Waals surface area contributed by atoms with Gasteiger partial charge in [0.15, 0.2) is 0 Å². The third-order valence-electron chi connectivity index (χ3n) is 4.50. The van der Waals surface area contributed by atoms with Crippen LogP contribution in [0.15, 0.2) is 31.2 Å². The third-order valence-corrected chi connectivity index (χ3v) is 4.50. The summed E-state index contributed by atoms with van der Waals surface area (Å²) in [5.74, 6) is 0.619. The zero-order valence-electron chi connectivity index (χ0n) is 13.9. The summed E-state index contributed by atoms with van der Waals surface area (Å²) in [4.78, 5) is 16.9. The average molecular weight is 325 g/mol. The van der Waals surface area contributed by atoms with E-state index in [2.05, 4.69) is 32.4 Å². The molecule has 0 aliphatic heterocycles. The number of amides is 1. The Balaban J connectivity index is 1.82. The molecule has 6 nitrogen and oxygen atoms in total. The first-order valence-corrected chi connectivity index (χ1v) is 8.36. The van der Waals surface area contributed by atoms with E-state index in [-0.39, 0.29) is 11.9 Å². The van der Waals surface area contributed by atoms with Gasteiger partial charge in [0.1, 0.15) is 5.82 Å². The SMILES string of the molecule is C=C(c1cn[nH]c1)c1cc(C(=O)NC2CCCCC2)cnc1NC. The molecule has 1 aliphatic carbocycles. The molecular formula is C18H23N5O. The van der Waals surface area contributed by atoms with Crippen molar-refractivity contribution >= 4 is 17.3 Å². The van der Waals surface area contributed by atoms with Crippen LogP contribution < -0.4 is 10.6 Å². The lowest BCUT2D eigenvalue weighted by atomic mass is 9.95. The fourth-order valence-corrected chi connectivity index (χ4v) is 3.11. The first-order valence-electron chi connectivity index (χ1n) is 8.36. The molecule has 2 aromatic heterocycles. The van der Waals surface area contributed by atoms with E-state index < -0.39 is 0 Å². The van der Waals surface area contributed by atoms with E-state index in [4.69, 9.17) is 0 Å². The number of carbonyl (C=O) groups excluding carboxylic acids is 1. The highest BCUT2D eigenvalue weighted by Gasteiger charge is 2.18. The summed E-state index contributed by atoms with van der Waals surface area (Å²) >= 11 is 0. The van der Waals surface area contributed by atoms with E-state index >= 15 is 0 Å². The van der Waals surface area contributed by atoms with Crippen molar-refractivity contribution in [3.63, 3.8) is 0 Å². The summed E-state index contributed by atoms with van der Waals surface area (Å²) in [5.41, 5.74) is 3.00. The largest absolute Gasteiger partial charge is 0.373 e. The predicted octanol–water partition coefficient (Wildman–Crippen LogP) is 2.97. The lowest BCUT2D eigenvalue weighted by molar-refractivity contribution is 0.0927. The van der Waals surface area contributed by atoms with Gasteiger partial charge in [0, 0.05) is 36.6 Å². The van der Waals surface area contributed by atoms with Crippen LogP contribution >= 0.6 is 0 Å². The Morgan fingerprint density at radius 3 is 2.71 bits per heavy atom. The summed E-state index contributed by atoms with van der Waals surface area (Å²) in [6.45, 7) is 4.12. The van der Waals surface area contributed by atoms with E-state index in [1.807, 2.05) is 6.07 Å². The van der Waals surface area contributed by atoms with Gasteiger partial charge in [0.25, 0.3) is 5.91 Å². The van der Waals surface area contributed by atoms with Crippen LogP contribution in [0.5, 0.6) is 0 Å². The number of rotatable bonds is 5. The van der Waals surface area contributed by atoms with Crippen molar-refractivity contribution in [2.45, 2.75) is 38.1 Å². The van der Waals surface area contributed by atoms with Gasteiger partial charge in [0.2, 0.25) is 0 Å². The van der Waals surface area contributed by atoms with Crippen LogP contribution in [0.2, 0.25) is 0 Å². The van der Waals surface area contributed by atoms with Crippen LogP contribution in [0.25, 0.3) is 5.57 Å². The van der Waals surface area contributed by atoms with Gasteiger partial charge < -0.3 is 10.6 Å². The molecule has 3 N–H and O–H groups in total. The van der Waals surface area contributed by atoms with Crippen molar-refractivity contribution in [1.29, 1.82) is 0 Å². The molecule has 0 spiro atoms. The highest BCUT2D eigenvalue weighted by molar-refractivity contribution is 5.96.